The topological polar surface area (TPSA) is 80.0 Å². The fourth-order valence-corrected chi connectivity index (χ4v) is 1.65. The summed E-state index contributed by atoms with van der Waals surface area (Å²) >= 11 is 0. The van der Waals surface area contributed by atoms with Crippen LogP contribution in [0, 0.1) is 0 Å². The van der Waals surface area contributed by atoms with Crippen molar-refractivity contribution in [3.8, 4) is 0 Å². The molecule has 1 aromatic heterocycles. The van der Waals surface area contributed by atoms with Gasteiger partial charge in [0.15, 0.2) is 0 Å². The minimum absolute atomic E-state index is 0.107. The lowest BCUT2D eigenvalue weighted by Crippen LogP contribution is -2.29. The number of imidazole rings is 1. The summed E-state index contributed by atoms with van der Waals surface area (Å²) in [5.74, 6) is 0. The fraction of sp³-hybridized carbons (Fsp3) is 0.417. The van der Waals surface area contributed by atoms with Gasteiger partial charge in [-0.15, -0.1) is 0 Å². The Kier molecular flexibility index (Phi) is 5.25. The van der Waals surface area contributed by atoms with Crippen molar-refractivity contribution in [3.63, 3.8) is 0 Å². The summed E-state index contributed by atoms with van der Waals surface area (Å²) in [6.07, 6.45) is 1.68. The molecule has 0 radical (unpaired) electrons. The number of hydrogen-bond acceptors (Lipinski definition) is 6. The molecular formula is C12H17N3O4. The van der Waals surface area contributed by atoms with Gasteiger partial charge in [0, 0.05) is 0 Å². The van der Waals surface area contributed by atoms with Crippen LogP contribution in [0.3, 0.4) is 0 Å². The SMILES string of the molecule is OCCON(Cn1cnc2ccccc21)OCCO. The first-order valence-electron chi connectivity index (χ1n) is 6.00. The molecule has 0 fully saturated rings. The molecule has 0 unspecified atom stereocenters. The molecule has 0 aliphatic rings. The Labute approximate surface area is 110 Å². The maximum atomic E-state index is 8.76. The van der Waals surface area contributed by atoms with Gasteiger partial charge in [0.05, 0.1) is 43.8 Å². The van der Waals surface area contributed by atoms with Crippen molar-refractivity contribution < 1.29 is 19.9 Å². The maximum Gasteiger partial charge on any atom is 0.128 e. The zero-order valence-electron chi connectivity index (χ0n) is 10.5. The number of rotatable bonds is 8. The second kappa shape index (κ2) is 7.17. The molecule has 0 saturated heterocycles. The number of benzene rings is 1. The molecule has 1 heterocycles. The molecule has 0 atom stereocenters. The predicted molar refractivity (Wildman–Crippen MR) is 67.6 cm³/mol. The molecule has 104 valence electrons. The van der Waals surface area contributed by atoms with Gasteiger partial charge >= 0.3 is 0 Å². The van der Waals surface area contributed by atoms with Crippen molar-refractivity contribution in [2.75, 3.05) is 26.4 Å². The molecule has 0 bridgehead atoms. The van der Waals surface area contributed by atoms with E-state index in [4.69, 9.17) is 19.9 Å². The molecule has 0 amide bonds. The van der Waals surface area contributed by atoms with Crippen LogP contribution >= 0.6 is 0 Å². The lowest BCUT2D eigenvalue weighted by Gasteiger charge is -2.20. The third kappa shape index (κ3) is 3.72. The third-order valence-electron chi connectivity index (χ3n) is 2.45. The molecule has 0 aliphatic heterocycles. The van der Waals surface area contributed by atoms with Crippen LogP contribution in [0.2, 0.25) is 0 Å². The van der Waals surface area contributed by atoms with E-state index >= 15 is 0 Å². The monoisotopic (exact) mass is 267 g/mol. The highest BCUT2D eigenvalue weighted by molar-refractivity contribution is 5.74. The number of hydrogen-bond donors (Lipinski definition) is 2. The number of aliphatic hydroxyl groups excluding tert-OH is 2. The number of para-hydroxylation sites is 2. The average molecular weight is 267 g/mol. The van der Waals surface area contributed by atoms with Gasteiger partial charge in [-0.2, -0.15) is 0 Å². The van der Waals surface area contributed by atoms with E-state index in [0.717, 1.165) is 11.0 Å². The van der Waals surface area contributed by atoms with Gasteiger partial charge in [-0.05, 0) is 17.4 Å². The van der Waals surface area contributed by atoms with Gasteiger partial charge in [-0.1, -0.05) is 12.1 Å². The summed E-state index contributed by atoms with van der Waals surface area (Å²) < 4.78 is 1.85. The largest absolute Gasteiger partial charge is 0.394 e. The van der Waals surface area contributed by atoms with Crippen molar-refractivity contribution in [2.45, 2.75) is 6.67 Å². The highest BCUT2D eigenvalue weighted by atomic mass is 17.0. The number of hydroxylamine groups is 2. The molecule has 7 nitrogen and oxygen atoms in total. The average Bonchev–Trinajstić information content (AvgIpc) is 2.85. The van der Waals surface area contributed by atoms with Gasteiger partial charge < -0.3 is 14.8 Å². The molecule has 1 aromatic carbocycles. The Balaban J connectivity index is 2.06. The van der Waals surface area contributed by atoms with E-state index in [9.17, 15) is 0 Å². The van der Waals surface area contributed by atoms with Gasteiger partial charge in [0.25, 0.3) is 0 Å². The first-order valence-corrected chi connectivity index (χ1v) is 6.00. The highest BCUT2D eigenvalue weighted by Gasteiger charge is 2.09. The van der Waals surface area contributed by atoms with Crippen LogP contribution in [0.1, 0.15) is 0 Å². The van der Waals surface area contributed by atoms with Crippen LogP contribution in [0.15, 0.2) is 30.6 Å². The molecule has 0 saturated carbocycles. The predicted octanol–water partition coefficient (Wildman–Crippen LogP) is 0.144. The smallest absolute Gasteiger partial charge is 0.128 e. The van der Waals surface area contributed by atoms with E-state index in [1.807, 2.05) is 28.8 Å². The number of fused-ring (bicyclic) bond motifs is 1. The van der Waals surface area contributed by atoms with Gasteiger partial charge in [-0.3, -0.25) is 9.68 Å². The zero-order valence-corrected chi connectivity index (χ0v) is 10.5. The molecule has 0 aliphatic carbocycles. The summed E-state index contributed by atoms with van der Waals surface area (Å²) in [5, 5.41) is 18.7. The fourth-order valence-electron chi connectivity index (χ4n) is 1.65. The van der Waals surface area contributed by atoms with Crippen molar-refractivity contribution in [1.29, 1.82) is 0 Å². The second-order valence-electron chi connectivity index (χ2n) is 3.79. The minimum atomic E-state index is -0.107. The summed E-state index contributed by atoms with van der Waals surface area (Å²) in [6.45, 7) is 0.323. The summed E-state index contributed by atoms with van der Waals surface area (Å²) in [5.41, 5.74) is 1.83. The highest BCUT2D eigenvalue weighted by Crippen LogP contribution is 2.12. The number of nitrogens with zero attached hydrogens (tertiary/aromatic N) is 3. The first kappa shape index (κ1) is 13.9. The van der Waals surface area contributed by atoms with E-state index in [1.54, 1.807) is 6.33 Å². The Bertz CT molecular complexity index is 494. The first-order chi connectivity index (χ1) is 9.35. The van der Waals surface area contributed by atoms with Crippen molar-refractivity contribution in [3.05, 3.63) is 30.6 Å². The van der Waals surface area contributed by atoms with Crippen LogP contribution in [0.25, 0.3) is 11.0 Å². The third-order valence-corrected chi connectivity index (χ3v) is 2.45. The van der Waals surface area contributed by atoms with E-state index in [2.05, 4.69) is 4.98 Å². The molecular weight excluding hydrogens is 250 g/mol. The minimum Gasteiger partial charge on any atom is -0.394 e. The Hall–Kier alpha value is -1.51. The van der Waals surface area contributed by atoms with E-state index in [1.165, 1.54) is 5.23 Å². The Morgan fingerprint density at radius 2 is 1.79 bits per heavy atom. The molecule has 2 rings (SSSR count). The van der Waals surface area contributed by atoms with E-state index in [0.29, 0.717) is 6.67 Å². The van der Waals surface area contributed by atoms with Crippen molar-refractivity contribution in [1.82, 2.24) is 14.8 Å². The normalized spacial score (nSPS) is 11.5. The molecule has 19 heavy (non-hydrogen) atoms. The van der Waals surface area contributed by atoms with E-state index in [-0.39, 0.29) is 26.4 Å². The molecule has 7 heteroatoms. The lowest BCUT2D eigenvalue weighted by molar-refractivity contribution is -0.386. The number of aliphatic hydroxyl groups is 2. The standard InChI is InChI=1S/C12H17N3O4/c16-5-7-18-15(19-8-6-17)10-14-9-13-11-3-1-2-4-12(11)14/h1-4,9,16-17H,5-8,10H2. The van der Waals surface area contributed by atoms with Crippen molar-refractivity contribution in [2.24, 2.45) is 0 Å². The van der Waals surface area contributed by atoms with Gasteiger partial charge in [0.2, 0.25) is 0 Å². The quantitative estimate of drug-likeness (QED) is 0.662. The van der Waals surface area contributed by atoms with Gasteiger partial charge in [0.1, 0.15) is 6.67 Å². The lowest BCUT2D eigenvalue weighted by atomic mass is 10.3. The molecule has 2 aromatic rings. The van der Waals surface area contributed by atoms with Crippen molar-refractivity contribution >= 4 is 11.0 Å². The number of aromatic nitrogens is 2. The molecule has 2 N–H and O–H groups in total. The van der Waals surface area contributed by atoms with Crippen LogP contribution in [-0.4, -0.2) is 51.4 Å². The summed E-state index contributed by atoms with van der Waals surface area (Å²) in [7, 11) is 0. The van der Waals surface area contributed by atoms with Crippen LogP contribution < -0.4 is 0 Å². The van der Waals surface area contributed by atoms with E-state index < -0.39 is 0 Å². The summed E-state index contributed by atoms with van der Waals surface area (Å²) in [4.78, 5) is 14.7. The van der Waals surface area contributed by atoms with Crippen LogP contribution in [0.4, 0.5) is 0 Å². The summed E-state index contributed by atoms with van der Waals surface area (Å²) in [6, 6.07) is 7.70. The van der Waals surface area contributed by atoms with Crippen LogP contribution in [-0.2, 0) is 16.3 Å². The van der Waals surface area contributed by atoms with Crippen LogP contribution in [0.5, 0.6) is 0 Å². The second-order valence-corrected chi connectivity index (χ2v) is 3.79. The molecule has 0 spiro atoms. The Morgan fingerprint density at radius 3 is 2.47 bits per heavy atom. The maximum absolute atomic E-state index is 8.76. The Morgan fingerprint density at radius 1 is 1.11 bits per heavy atom. The van der Waals surface area contributed by atoms with Gasteiger partial charge in [-0.25, -0.2) is 4.98 Å². The zero-order chi connectivity index (χ0) is 13.5.